The van der Waals surface area contributed by atoms with E-state index in [2.05, 4.69) is 28.5 Å². The number of hydrogen-bond acceptors (Lipinski definition) is 9. The molecule has 13 heteroatoms. The van der Waals surface area contributed by atoms with Crippen LogP contribution < -0.4 is 19.3 Å². The lowest BCUT2D eigenvalue weighted by Gasteiger charge is -2.50. The standard InChI is InChI=1S/C29H37ClN4O6S.H2S/c1-27(2)18-34(19-28(40-27)11-3-4-12-28)22-9-8-20(30)16-23(22)39-29(13-14-29)26(36)32-41(37,38)25-7-5-6-24(31-25)33-15-10-21(35)17-33;/h5-9,16,21,35H,3-4,10-15,17-19H2,1-2H3,(H,32,36);1H2/t21-;/m0./s1. The first kappa shape index (κ1) is 31.2. The van der Waals surface area contributed by atoms with Gasteiger partial charge in [0.25, 0.3) is 15.9 Å². The Bertz CT molecular complexity index is 1450. The molecule has 4 fully saturated rings. The van der Waals surface area contributed by atoms with Crippen LogP contribution in [0.3, 0.4) is 0 Å². The van der Waals surface area contributed by atoms with Crippen LogP contribution in [-0.4, -0.2) is 73.5 Å². The highest BCUT2D eigenvalue weighted by Crippen LogP contribution is 2.47. The predicted molar refractivity (Wildman–Crippen MR) is 165 cm³/mol. The Kier molecular flexibility index (Phi) is 8.43. The number of amides is 1. The Balaban J connectivity index is 0.00000353. The number of morpholine rings is 1. The monoisotopic (exact) mass is 638 g/mol. The van der Waals surface area contributed by atoms with Gasteiger partial charge in [0.2, 0.25) is 0 Å². The van der Waals surface area contributed by atoms with Crippen molar-refractivity contribution in [2.45, 2.75) is 86.7 Å². The van der Waals surface area contributed by atoms with Crippen LogP contribution in [0, 0.1) is 0 Å². The van der Waals surface area contributed by atoms with E-state index in [4.69, 9.17) is 21.1 Å². The summed E-state index contributed by atoms with van der Waals surface area (Å²) in [5.74, 6) is 0.147. The second-order valence-electron chi connectivity index (χ2n) is 12.5. The summed E-state index contributed by atoms with van der Waals surface area (Å²) >= 11 is 6.38. The van der Waals surface area contributed by atoms with Crippen molar-refractivity contribution < 1.29 is 27.8 Å². The van der Waals surface area contributed by atoms with Crippen LogP contribution in [0.4, 0.5) is 11.5 Å². The van der Waals surface area contributed by atoms with Gasteiger partial charge in [-0.05, 0) is 57.4 Å². The molecule has 10 nitrogen and oxygen atoms in total. The molecule has 1 spiro atoms. The minimum absolute atomic E-state index is 0. The Morgan fingerprint density at radius 2 is 1.86 bits per heavy atom. The van der Waals surface area contributed by atoms with Crippen LogP contribution in [0.5, 0.6) is 5.75 Å². The Morgan fingerprint density at radius 3 is 2.52 bits per heavy atom. The van der Waals surface area contributed by atoms with E-state index in [-0.39, 0.29) is 29.7 Å². The summed E-state index contributed by atoms with van der Waals surface area (Å²) in [6.45, 7) is 6.47. The number of nitrogens with zero attached hydrogens (tertiary/aromatic N) is 3. The van der Waals surface area contributed by atoms with Crippen molar-refractivity contribution in [2.24, 2.45) is 0 Å². The molecule has 2 aliphatic carbocycles. The van der Waals surface area contributed by atoms with Crippen LogP contribution in [0.15, 0.2) is 41.4 Å². The maximum atomic E-state index is 13.4. The summed E-state index contributed by atoms with van der Waals surface area (Å²) in [5.41, 5.74) is -1.12. The molecule has 0 bridgehead atoms. The summed E-state index contributed by atoms with van der Waals surface area (Å²) in [6.07, 6.45) is 5.10. The van der Waals surface area contributed by atoms with Crippen LogP contribution >= 0.6 is 25.1 Å². The lowest BCUT2D eigenvalue weighted by atomic mass is 9.93. The normalized spacial score (nSPS) is 23.9. The van der Waals surface area contributed by atoms with Crippen molar-refractivity contribution in [3.8, 4) is 5.75 Å². The van der Waals surface area contributed by atoms with Gasteiger partial charge in [0.15, 0.2) is 10.6 Å². The van der Waals surface area contributed by atoms with Crippen molar-refractivity contribution in [3.63, 3.8) is 0 Å². The molecule has 2 N–H and O–H groups in total. The van der Waals surface area contributed by atoms with Gasteiger partial charge in [-0.15, -0.1) is 0 Å². The highest BCUT2D eigenvalue weighted by atomic mass is 35.5. The molecule has 2 aliphatic heterocycles. The molecule has 1 amide bonds. The Hall–Kier alpha value is -2.25. The van der Waals surface area contributed by atoms with Gasteiger partial charge in [-0.2, -0.15) is 21.9 Å². The van der Waals surface area contributed by atoms with Crippen molar-refractivity contribution >= 4 is 52.5 Å². The maximum absolute atomic E-state index is 13.4. The van der Waals surface area contributed by atoms with Crippen molar-refractivity contribution in [1.82, 2.24) is 9.71 Å². The number of ether oxygens (including phenoxy) is 2. The van der Waals surface area contributed by atoms with E-state index >= 15 is 0 Å². The predicted octanol–water partition coefficient (Wildman–Crippen LogP) is 3.76. The summed E-state index contributed by atoms with van der Waals surface area (Å²) in [4.78, 5) is 21.8. The smallest absolute Gasteiger partial charge is 0.281 e. The number of nitrogens with one attached hydrogen (secondary N) is 1. The van der Waals surface area contributed by atoms with Gasteiger partial charge < -0.3 is 24.4 Å². The third kappa shape index (κ3) is 6.33. The van der Waals surface area contributed by atoms with Gasteiger partial charge >= 0.3 is 0 Å². The molecule has 2 aromatic rings. The number of halogens is 1. The van der Waals surface area contributed by atoms with E-state index in [1.54, 1.807) is 24.3 Å². The lowest BCUT2D eigenvalue weighted by Crippen LogP contribution is -2.59. The van der Waals surface area contributed by atoms with Gasteiger partial charge in [-0.1, -0.05) is 30.5 Å². The number of pyridine rings is 1. The fraction of sp³-hybridized carbons (Fsp3) is 0.586. The van der Waals surface area contributed by atoms with Crippen LogP contribution in [0.1, 0.15) is 58.8 Å². The van der Waals surface area contributed by atoms with Crippen molar-refractivity contribution in [2.75, 3.05) is 36.0 Å². The molecule has 3 heterocycles. The quantitative estimate of drug-likeness (QED) is 0.467. The summed E-state index contributed by atoms with van der Waals surface area (Å²) in [5, 5.41) is 10.0. The minimum atomic E-state index is -4.26. The molecular weight excluding hydrogens is 600 g/mol. The highest BCUT2D eigenvalue weighted by Gasteiger charge is 2.55. The number of carbonyl (C=O) groups excluding carboxylic acids is 1. The number of anilines is 2. The molecule has 1 aromatic carbocycles. The van der Waals surface area contributed by atoms with E-state index in [0.717, 1.165) is 31.4 Å². The molecule has 6 rings (SSSR count). The average Bonchev–Trinajstić information content (AvgIpc) is 3.34. The van der Waals surface area contributed by atoms with E-state index in [1.807, 2.05) is 11.0 Å². The van der Waals surface area contributed by atoms with Crippen LogP contribution in [0.2, 0.25) is 5.02 Å². The number of β-amino-alcohol motifs (C(OH)–C–C–N with tert-alkyl or cyclic N) is 1. The SMILES string of the molecule is CC1(C)CN(c2ccc(Cl)cc2OC2(C(=O)NS(=O)(=O)c3cccc(N4CC[C@H](O)C4)n3)CC2)CC2(CCCC2)O1.S. The molecule has 0 unspecified atom stereocenters. The lowest BCUT2D eigenvalue weighted by molar-refractivity contribution is -0.148. The molecular formula is C29H39ClN4O6S2. The second kappa shape index (κ2) is 11.4. The van der Waals surface area contributed by atoms with E-state index in [1.165, 1.54) is 6.07 Å². The second-order valence-corrected chi connectivity index (χ2v) is 14.5. The number of aliphatic hydroxyl groups is 1. The van der Waals surface area contributed by atoms with Crippen molar-refractivity contribution in [3.05, 3.63) is 41.4 Å². The molecule has 1 aromatic heterocycles. The first-order chi connectivity index (χ1) is 19.4. The summed E-state index contributed by atoms with van der Waals surface area (Å²) < 4.78 is 41.6. The molecule has 230 valence electrons. The van der Waals surface area contributed by atoms with E-state index in [0.29, 0.717) is 62.0 Å². The molecule has 2 saturated heterocycles. The zero-order chi connectivity index (χ0) is 29.0. The number of rotatable bonds is 7. The van der Waals surface area contributed by atoms with Crippen LogP contribution in [0.25, 0.3) is 0 Å². The number of hydrogen-bond donors (Lipinski definition) is 2. The highest BCUT2D eigenvalue weighted by molar-refractivity contribution is 7.90. The topological polar surface area (TPSA) is 121 Å². The molecule has 0 radical (unpaired) electrons. The third-order valence-electron chi connectivity index (χ3n) is 8.44. The number of sulfonamides is 1. The maximum Gasteiger partial charge on any atom is 0.281 e. The summed E-state index contributed by atoms with van der Waals surface area (Å²) in [6, 6.07) is 10.0. The average molecular weight is 639 g/mol. The third-order valence-corrected chi connectivity index (χ3v) is 9.91. The molecule has 42 heavy (non-hydrogen) atoms. The molecule has 4 aliphatic rings. The number of carbonyl (C=O) groups is 1. The van der Waals surface area contributed by atoms with Crippen LogP contribution in [-0.2, 0) is 19.6 Å². The fourth-order valence-corrected chi connectivity index (χ4v) is 7.61. The fourth-order valence-electron chi connectivity index (χ4n) is 6.44. The molecule has 1 atom stereocenters. The van der Waals surface area contributed by atoms with Gasteiger partial charge in [0.05, 0.1) is 23.0 Å². The zero-order valence-corrected chi connectivity index (χ0v) is 26.5. The van der Waals surface area contributed by atoms with Gasteiger partial charge in [0, 0.05) is 50.1 Å². The van der Waals surface area contributed by atoms with Gasteiger partial charge in [-0.25, -0.2) is 9.71 Å². The minimum Gasteiger partial charge on any atom is -0.475 e. The number of benzene rings is 1. The van der Waals surface area contributed by atoms with Crippen molar-refractivity contribution in [1.29, 1.82) is 0 Å². The van der Waals surface area contributed by atoms with Gasteiger partial charge in [0.1, 0.15) is 11.6 Å². The Labute approximate surface area is 259 Å². The molecule has 2 saturated carbocycles. The first-order valence-electron chi connectivity index (χ1n) is 14.3. The zero-order valence-electron chi connectivity index (χ0n) is 23.9. The first-order valence-corrected chi connectivity index (χ1v) is 16.1. The Morgan fingerprint density at radius 1 is 1.12 bits per heavy atom. The van der Waals surface area contributed by atoms with E-state index < -0.39 is 27.6 Å². The number of aliphatic hydroxyl groups excluding tert-OH is 1. The van der Waals surface area contributed by atoms with E-state index in [9.17, 15) is 18.3 Å². The summed E-state index contributed by atoms with van der Waals surface area (Å²) in [7, 11) is -4.26. The van der Waals surface area contributed by atoms with Gasteiger partial charge in [-0.3, -0.25) is 4.79 Å². The number of aromatic nitrogens is 1. The largest absolute Gasteiger partial charge is 0.475 e.